The second-order valence-electron chi connectivity index (χ2n) is 5.93. The first-order valence-corrected chi connectivity index (χ1v) is 7.21. The van der Waals surface area contributed by atoms with Gasteiger partial charge in [-0.3, -0.25) is 0 Å². The summed E-state index contributed by atoms with van der Waals surface area (Å²) < 4.78 is 0. The fraction of sp³-hybridized carbons (Fsp3) is 0.222. The van der Waals surface area contributed by atoms with Gasteiger partial charge in [0.25, 0.3) is 0 Å². The number of hydrogen-bond acceptors (Lipinski definition) is 3. The Balaban J connectivity index is 0.00000144. The summed E-state index contributed by atoms with van der Waals surface area (Å²) in [6, 6.07) is 5.75. The molecule has 1 aromatic carbocycles. The van der Waals surface area contributed by atoms with Crippen LogP contribution in [0.25, 0.3) is 5.57 Å². The predicted molar refractivity (Wildman–Crippen MR) is 101 cm³/mol. The standard InChI is InChI=1S/C18H18N2O.HI/c1-10-13-6-7-20(3)11(2)14(13)9-16-15-8-12(21)4-5-17(15)19-18(10)16;/h4-9,18-19,21H,1-3H3;1H. The molecule has 3 aliphatic rings. The summed E-state index contributed by atoms with van der Waals surface area (Å²) in [5.41, 5.74) is 8.63. The predicted octanol–water partition coefficient (Wildman–Crippen LogP) is 4.25. The molecule has 0 radical (unpaired) electrons. The van der Waals surface area contributed by atoms with Crippen LogP contribution in [-0.2, 0) is 0 Å². The van der Waals surface area contributed by atoms with Crippen LogP contribution in [0.3, 0.4) is 0 Å². The molecule has 3 nitrogen and oxygen atoms in total. The smallest absolute Gasteiger partial charge is 0.116 e. The van der Waals surface area contributed by atoms with Crippen molar-refractivity contribution in [1.82, 2.24) is 4.90 Å². The van der Waals surface area contributed by atoms with E-state index in [0.717, 1.165) is 11.3 Å². The fourth-order valence-corrected chi connectivity index (χ4v) is 3.40. The number of phenols is 1. The molecule has 0 saturated carbocycles. The van der Waals surface area contributed by atoms with Gasteiger partial charge in [-0.25, -0.2) is 0 Å². The largest absolute Gasteiger partial charge is 0.508 e. The first kappa shape index (κ1) is 15.2. The summed E-state index contributed by atoms with van der Waals surface area (Å²) in [6.45, 7) is 4.34. The van der Waals surface area contributed by atoms with Crippen LogP contribution in [0.4, 0.5) is 5.69 Å². The summed E-state index contributed by atoms with van der Waals surface area (Å²) in [5, 5.41) is 13.3. The van der Waals surface area contributed by atoms with E-state index in [1.807, 2.05) is 12.1 Å². The maximum atomic E-state index is 9.78. The molecule has 22 heavy (non-hydrogen) atoms. The third-order valence-corrected chi connectivity index (χ3v) is 4.76. The van der Waals surface area contributed by atoms with Gasteiger partial charge in [-0.2, -0.15) is 0 Å². The molecule has 4 heteroatoms. The van der Waals surface area contributed by atoms with E-state index in [0.29, 0.717) is 5.75 Å². The minimum atomic E-state index is 0. The van der Waals surface area contributed by atoms with E-state index >= 15 is 0 Å². The van der Waals surface area contributed by atoms with E-state index in [4.69, 9.17) is 0 Å². The Morgan fingerprint density at radius 1 is 1.18 bits per heavy atom. The van der Waals surface area contributed by atoms with E-state index in [9.17, 15) is 5.11 Å². The molecule has 1 atom stereocenters. The van der Waals surface area contributed by atoms with Crippen molar-refractivity contribution < 1.29 is 5.11 Å². The fourth-order valence-electron chi connectivity index (χ4n) is 3.40. The highest BCUT2D eigenvalue weighted by Crippen LogP contribution is 2.46. The summed E-state index contributed by atoms with van der Waals surface area (Å²) in [7, 11) is 2.07. The van der Waals surface area contributed by atoms with Crippen molar-refractivity contribution in [3.05, 3.63) is 64.5 Å². The third-order valence-electron chi connectivity index (χ3n) is 4.76. The van der Waals surface area contributed by atoms with Crippen LogP contribution in [0.1, 0.15) is 19.4 Å². The molecule has 1 unspecified atom stereocenters. The molecular weight excluding hydrogens is 387 g/mol. The highest BCUT2D eigenvalue weighted by molar-refractivity contribution is 14.0. The second-order valence-corrected chi connectivity index (χ2v) is 5.93. The van der Waals surface area contributed by atoms with Gasteiger partial charge >= 0.3 is 0 Å². The van der Waals surface area contributed by atoms with E-state index < -0.39 is 0 Å². The van der Waals surface area contributed by atoms with Crippen molar-refractivity contribution in [3.63, 3.8) is 0 Å². The Morgan fingerprint density at radius 2 is 1.95 bits per heavy atom. The van der Waals surface area contributed by atoms with Crippen molar-refractivity contribution in [2.45, 2.75) is 19.9 Å². The number of fused-ring (bicyclic) bond motifs is 4. The second kappa shape index (κ2) is 5.19. The number of allylic oxidation sites excluding steroid dienone is 5. The molecule has 2 heterocycles. The summed E-state index contributed by atoms with van der Waals surface area (Å²) in [6.07, 6.45) is 6.57. The van der Waals surface area contributed by atoms with E-state index in [-0.39, 0.29) is 30.0 Å². The number of nitrogens with one attached hydrogen (secondary N) is 1. The number of phenolic OH excluding ortho intramolecular Hbond substituents is 1. The van der Waals surface area contributed by atoms with E-state index in [2.05, 4.69) is 49.5 Å². The van der Waals surface area contributed by atoms with Gasteiger partial charge in [-0.15, -0.1) is 24.0 Å². The number of benzene rings is 1. The quantitative estimate of drug-likeness (QED) is 0.500. The van der Waals surface area contributed by atoms with Gasteiger partial charge in [0.2, 0.25) is 0 Å². The van der Waals surface area contributed by atoms with Crippen LogP contribution >= 0.6 is 24.0 Å². The topological polar surface area (TPSA) is 35.5 Å². The highest BCUT2D eigenvalue weighted by atomic mass is 127. The van der Waals surface area contributed by atoms with Gasteiger partial charge in [0.1, 0.15) is 5.75 Å². The zero-order chi connectivity index (χ0) is 14.7. The Kier molecular flexibility index (Phi) is 3.59. The van der Waals surface area contributed by atoms with Crippen molar-refractivity contribution >= 4 is 35.2 Å². The number of aromatic hydroxyl groups is 1. The Hall–Kier alpha value is -1.69. The molecular formula is C18H19IN2O. The first-order chi connectivity index (χ1) is 10.1. The zero-order valence-electron chi connectivity index (χ0n) is 12.8. The molecule has 0 fully saturated rings. The number of rotatable bonds is 0. The number of anilines is 1. The molecule has 2 aliphatic heterocycles. The van der Waals surface area contributed by atoms with E-state index in [1.165, 1.54) is 28.0 Å². The highest BCUT2D eigenvalue weighted by Gasteiger charge is 2.33. The normalized spacial score (nSPS) is 21.7. The average molecular weight is 406 g/mol. The van der Waals surface area contributed by atoms with Crippen molar-refractivity contribution in [2.24, 2.45) is 0 Å². The van der Waals surface area contributed by atoms with Crippen LogP contribution in [0, 0.1) is 0 Å². The van der Waals surface area contributed by atoms with Gasteiger partial charge in [-0.1, -0.05) is 0 Å². The molecule has 0 bridgehead atoms. The summed E-state index contributed by atoms with van der Waals surface area (Å²) >= 11 is 0. The molecule has 0 amide bonds. The lowest BCUT2D eigenvalue weighted by Crippen LogP contribution is -2.24. The van der Waals surface area contributed by atoms with Crippen LogP contribution in [0.15, 0.2) is 59.0 Å². The molecule has 2 N–H and O–H groups in total. The van der Waals surface area contributed by atoms with Crippen LogP contribution in [0.2, 0.25) is 0 Å². The lowest BCUT2D eigenvalue weighted by atomic mass is 9.82. The minimum absolute atomic E-state index is 0. The third kappa shape index (κ3) is 2.00. The van der Waals surface area contributed by atoms with Gasteiger partial charge in [0, 0.05) is 35.8 Å². The number of hydrogen-bond donors (Lipinski definition) is 2. The van der Waals surface area contributed by atoms with Crippen LogP contribution in [-0.4, -0.2) is 23.1 Å². The molecule has 0 spiro atoms. The number of nitrogens with zero attached hydrogens (tertiary/aromatic N) is 1. The Labute approximate surface area is 147 Å². The maximum absolute atomic E-state index is 9.78. The van der Waals surface area contributed by atoms with Gasteiger partial charge < -0.3 is 15.3 Å². The van der Waals surface area contributed by atoms with E-state index in [1.54, 1.807) is 6.07 Å². The average Bonchev–Trinajstić information content (AvgIpc) is 2.82. The summed E-state index contributed by atoms with van der Waals surface area (Å²) in [5.74, 6) is 0.316. The molecule has 1 aromatic rings. The van der Waals surface area contributed by atoms with Gasteiger partial charge in [-0.05, 0) is 60.9 Å². The monoisotopic (exact) mass is 406 g/mol. The van der Waals surface area contributed by atoms with Crippen molar-refractivity contribution in [1.29, 1.82) is 0 Å². The molecule has 0 saturated heterocycles. The zero-order valence-corrected chi connectivity index (χ0v) is 15.2. The SMILES string of the molecule is CC1=C2C=CN(C)C(C)=C2C=C2c3cc(O)ccc3NC21.I. The maximum Gasteiger partial charge on any atom is 0.116 e. The Morgan fingerprint density at radius 3 is 2.73 bits per heavy atom. The minimum Gasteiger partial charge on any atom is -0.508 e. The summed E-state index contributed by atoms with van der Waals surface area (Å²) in [4.78, 5) is 2.15. The lowest BCUT2D eigenvalue weighted by Gasteiger charge is -2.30. The molecule has 0 aromatic heterocycles. The van der Waals surface area contributed by atoms with Crippen molar-refractivity contribution in [3.8, 4) is 5.75 Å². The van der Waals surface area contributed by atoms with Crippen molar-refractivity contribution in [2.75, 3.05) is 12.4 Å². The van der Waals surface area contributed by atoms with Gasteiger partial charge in [0.05, 0.1) is 6.04 Å². The lowest BCUT2D eigenvalue weighted by molar-refractivity contribution is 0.475. The van der Waals surface area contributed by atoms with Gasteiger partial charge in [0.15, 0.2) is 0 Å². The van der Waals surface area contributed by atoms with Crippen LogP contribution in [0.5, 0.6) is 5.75 Å². The Bertz CT molecular complexity index is 786. The molecule has 4 rings (SSSR count). The number of halogens is 1. The first-order valence-electron chi connectivity index (χ1n) is 7.21. The molecule has 1 aliphatic carbocycles. The van der Waals surface area contributed by atoms with Crippen LogP contribution < -0.4 is 5.32 Å². The molecule has 114 valence electrons.